The molecule has 0 aromatic carbocycles. The van der Waals surface area contributed by atoms with E-state index in [1.807, 2.05) is 0 Å². The van der Waals surface area contributed by atoms with Crippen LogP contribution < -0.4 is 5.32 Å². The maximum atomic E-state index is 4.92. The van der Waals surface area contributed by atoms with Crippen molar-refractivity contribution in [2.24, 2.45) is 4.99 Å². The van der Waals surface area contributed by atoms with Crippen LogP contribution in [0.15, 0.2) is 4.99 Å². The number of hydrogen-bond acceptors (Lipinski definition) is 3. The van der Waals surface area contributed by atoms with Crippen LogP contribution >= 0.6 is 11.8 Å². The van der Waals surface area contributed by atoms with Crippen LogP contribution in [0.2, 0.25) is 0 Å². The molecule has 2 rings (SSSR count). The summed E-state index contributed by atoms with van der Waals surface area (Å²) >= 11 is 2.11. The quantitative estimate of drug-likeness (QED) is 0.602. The van der Waals surface area contributed by atoms with Gasteiger partial charge >= 0.3 is 0 Å². The van der Waals surface area contributed by atoms with E-state index < -0.39 is 0 Å². The molecule has 1 N–H and O–H groups in total. The lowest BCUT2D eigenvalue weighted by Crippen LogP contribution is -2.48. The molecule has 2 unspecified atom stereocenters. The molecule has 0 spiro atoms. The van der Waals surface area contributed by atoms with Crippen molar-refractivity contribution in [3.05, 3.63) is 0 Å². The molecule has 1 aliphatic heterocycles. The number of aliphatic imine (C=N–C) groups is 1. The standard InChI is InChI=1S/C16H32N4S/c1-5-15-12-20(9-10-21-15)16(17-6-2)18-11-13(3)19(4)14-7-8-14/h13-15H,5-12H2,1-4H3,(H,17,18). The highest BCUT2D eigenvalue weighted by atomic mass is 32.2. The smallest absolute Gasteiger partial charge is 0.194 e. The second-order valence-corrected chi connectivity index (χ2v) is 7.70. The van der Waals surface area contributed by atoms with E-state index in [1.54, 1.807) is 0 Å². The number of nitrogens with one attached hydrogen (secondary N) is 1. The van der Waals surface area contributed by atoms with Gasteiger partial charge in [0.05, 0.1) is 6.54 Å². The van der Waals surface area contributed by atoms with Crippen molar-refractivity contribution in [2.75, 3.05) is 39.0 Å². The molecule has 4 nitrogen and oxygen atoms in total. The highest BCUT2D eigenvalue weighted by Gasteiger charge is 2.29. The van der Waals surface area contributed by atoms with Crippen molar-refractivity contribution >= 4 is 17.7 Å². The first kappa shape index (κ1) is 16.9. The van der Waals surface area contributed by atoms with Gasteiger partial charge in [0.25, 0.3) is 0 Å². The number of hydrogen-bond donors (Lipinski definition) is 1. The fourth-order valence-corrected chi connectivity index (χ4v) is 3.95. The van der Waals surface area contributed by atoms with Crippen molar-refractivity contribution in [2.45, 2.75) is 57.4 Å². The van der Waals surface area contributed by atoms with Gasteiger partial charge in [-0.2, -0.15) is 11.8 Å². The van der Waals surface area contributed by atoms with Gasteiger partial charge in [0, 0.05) is 42.7 Å². The highest BCUT2D eigenvalue weighted by Crippen LogP contribution is 2.27. The lowest BCUT2D eigenvalue weighted by atomic mass is 10.3. The van der Waals surface area contributed by atoms with Gasteiger partial charge in [-0.1, -0.05) is 6.92 Å². The zero-order valence-electron chi connectivity index (χ0n) is 14.1. The molecule has 0 radical (unpaired) electrons. The number of thioether (sulfide) groups is 1. The summed E-state index contributed by atoms with van der Waals surface area (Å²) in [5.41, 5.74) is 0. The highest BCUT2D eigenvalue weighted by molar-refractivity contribution is 8.00. The van der Waals surface area contributed by atoms with Crippen molar-refractivity contribution in [1.82, 2.24) is 15.1 Å². The number of likely N-dealkylation sites (N-methyl/N-ethyl adjacent to an activating group) is 1. The molecule has 1 heterocycles. The zero-order chi connectivity index (χ0) is 15.2. The molecule has 2 aliphatic rings. The minimum atomic E-state index is 0.535. The Morgan fingerprint density at radius 3 is 2.81 bits per heavy atom. The van der Waals surface area contributed by atoms with Gasteiger partial charge in [-0.25, -0.2) is 0 Å². The Morgan fingerprint density at radius 1 is 1.43 bits per heavy atom. The fraction of sp³-hybridized carbons (Fsp3) is 0.938. The molecule has 1 aliphatic carbocycles. The first-order chi connectivity index (χ1) is 10.2. The van der Waals surface area contributed by atoms with Gasteiger partial charge in [0.15, 0.2) is 5.96 Å². The normalized spacial score (nSPS) is 25.3. The minimum Gasteiger partial charge on any atom is -0.357 e. The van der Waals surface area contributed by atoms with Crippen molar-refractivity contribution in [3.8, 4) is 0 Å². The summed E-state index contributed by atoms with van der Waals surface area (Å²) in [5.74, 6) is 2.34. The summed E-state index contributed by atoms with van der Waals surface area (Å²) in [7, 11) is 2.25. The molecule has 0 amide bonds. The molecular weight excluding hydrogens is 280 g/mol. The predicted octanol–water partition coefficient (Wildman–Crippen LogP) is 2.26. The Kier molecular flexibility index (Phi) is 6.68. The molecule has 122 valence electrons. The summed E-state index contributed by atoms with van der Waals surface area (Å²) < 4.78 is 0. The summed E-state index contributed by atoms with van der Waals surface area (Å²) in [6.45, 7) is 10.9. The Morgan fingerprint density at radius 2 is 2.19 bits per heavy atom. The lowest BCUT2D eigenvalue weighted by Gasteiger charge is -2.34. The summed E-state index contributed by atoms with van der Waals surface area (Å²) in [5, 5.41) is 4.24. The van der Waals surface area contributed by atoms with E-state index in [0.717, 1.165) is 43.4 Å². The maximum absolute atomic E-state index is 4.92. The molecule has 2 fully saturated rings. The molecule has 21 heavy (non-hydrogen) atoms. The van der Waals surface area contributed by atoms with Crippen molar-refractivity contribution < 1.29 is 0 Å². The van der Waals surface area contributed by atoms with Gasteiger partial charge in [-0.05, 0) is 40.2 Å². The van der Waals surface area contributed by atoms with Crippen LogP contribution in [0.3, 0.4) is 0 Å². The number of rotatable bonds is 6. The summed E-state index contributed by atoms with van der Waals surface area (Å²) in [4.78, 5) is 9.87. The molecule has 5 heteroatoms. The van der Waals surface area contributed by atoms with Gasteiger partial charge in [-0.3, -0.25) is 9.89 Å². The van der Waals surface area contributed by atoms with E-state index in [0.29, 0.717) is 6.04 Å². The summed E-state index contributed by atoms with van der Waals surface area (Å²) in [6, 6.07) is 1.35. The first-order valence-electron chi connectivity index (χ1n) is 8.52. The van der Waals surface area contributed by atoms with E-state index >= 15 is 0 Å². The largest absolute Gasteiger partial charge is 0.357 e. The van der Waals surface area contributed by atoms with E-state index in [1.165, 1.54) is 25.0 Å². The number of nitrogens with zero attached hydrogens (tertiary/aromatic N) is 3. The van der Waals surface area contributed by atoms with Gasteiger partial charge in [0.2, 0.25) is 0 Å². The van der Waals surface area contributed by atoms with E-state index in [4.69, 9.17) is 4.99 Å². The average molecular weight is 313 g/mol. The molecule has 2 atom stereocenters. The lowest BCUT2D eigenvalue weighted by molar-refractivity contribution is 0.252. The van der Waals surface area contributed by atoms with Crippen LogP contribution in [0.4, 0.5) is 0 Å². The third-order valence-electron chi connectivity index (χ3n) is 4.55. The first-order valence-corrected chi connectivity index (χ1v) is 9.57. The molecule has 0 aromatic rings. The Hall–Kier alpha value is -0.420. The predicted molar refractivity (Wildman–Crippen MR) is 94.3 cm³/mol. The monoisotopic (exact) mass is 312 g/mol. The Bertz CT molecular complexity index is 343. The molecule has 1 saturated heterocycles. The Labute approximate surface area is 134 Å². The second-order valence-electron chi connectivity index (χ2n) is 6.29. The molecule has 0 bridgehead atoms. The van der Waals surface area contributed by atoms with Crippen LogP contribution in [0, 0.1) is 0 Å². The maximum Gasteiger partial charge on any atom is 0.194 e. The molecular formula is C16H32N4S. The van der Waals surface area contributed by atoms with Crippen molar-refractivity contribution in [3.63, 3.8) is 0 Å². The summed E-state index contributed by atoms with van der Waals surface area (Å²) in [6.07, 6.45) is 3.99. The van der Waals surface area contributed by atoms with Gasteiger partial charge < -0.3 is 10.2 Å². The topological polar surface area (TPSA) is 30.9 Å². The van der Waals surface area contributed by atoms with Crippen LogP contribution in [-0.2, 0) is 0 Å². The minimum absolute atomic E-state index is 0.535. The third kappa shape index (κ3) is 5.06. The zero-order valence-corrected chi connectivity index (χ0v) is 15.0. The molecule has 0 aromatic heterocycles. The van der Waals surface area contributed by atoms with Crippen LogP contribution in [0.25, 0.3) is 0 Å². The van der Waals surface area contributed by atoms with Gasteiger partial charge in [0.1, 0.15) is 0 Å². The van der Waals surface area contributed by atoms with E-state index in [9.17, 15) is 0 Å². The molecule has 1 saturated carbocycles. The SMILES string of the molecule is CCNC(=NCC(C)N(C)C1CC1)N1CCSC(CC)C1. The van der Waals surface area contributed by atoms with Crippen LogP contribution in [0.5, 0.6) is 0 Å². The second kappa shape index (κ2) is 8.28. The Balaban J connectivity index is 1.91. The van der Waals surface area contributed by atoms with Crippen molar-refractivity contribution in [1.29, 1.82) is 0 Å². The van der Waals surface area contributed by atoms with E-state index in [2.05, 4.69) is 54.7 Å². The number of guanidine groups is 1. The average Bonchev–Trinajstić information content (AvgIpc) is 3.35. The van der Waals surface area contributed by atoms with E-state index in [-0.39, 0.29) is 0 Å². The van der Waals surface area contributed by atoms with Gasteiger partial charge in [-0.15, -0.1) is 0 Å². The van der Waals surface area contributed by atoms with Crippen LogP contribution in [0.1, 0.15) is 40.0 Å². The fourth-order valence-electron chi connectivity index (χ4n) is 2.77. The third-order valence-corrected chi connectivity index (χ3v) is 5.92. The van der Waals surface area contributed by atoms with Crippen LogP contribution in [-0.4, -0.2) is 72.1 Å².